The summed E-state index contributed by atoms with van der Waals surface area (Å²) in [5.41, 5.74) is 8.91. The monoisotopic (exact) mass is 492 g/mol. The van der Waals surface area contributed by atoms with Gasteiger partial charge in [0.2, 0.25) is 0 Å². The summed E-state index contributed by atoms with van der Waals surface area (Å²) in [4.78, 5) is 16.4. The number of methoxy groups -OCH3 is 1. The Hall–Kier alpha value is -3.75. The van der Waals surface area contributed by atoms with Gasteiger partial charge in [-0.05, 0) is 49.7 Å². The Labute approximate surface area is 209 Å². The number of para-hydroxylation sites is 1. The summed E-state index contributed by atoms with van der Waals surface area (Å²) in [6.07, 6.45) is 1.26. The third kappa shape index (κ3) is 5.72. The number of nitrogens with two attached hydrogens (primary N) is 1. The van der Waals surface area contributed by atoms with Crippen LogP contribution in [0.3, 0.4) is 0 Å². The molecular formula is C28H29FN2O5. The summed E-state index contributed by atoms with van der Waals surface area (Å²) in [5.74, 6) is 0.445. The second kappa shape index (κ2) is 11.3. The van der Waals surface area contributed by atoms with Crippen LogP contribution in [0.2, 0.25) is 0 Å². The average Bonchev–Trinajstić information content (AvgIpc) is 3.23. The predicted octanol–water partition coefficient (Wildman–Crippen LogP) is 5.10. The largest absolute Gasteiger partial charge is 0.489 e. The van der Waals surface area contributed by atoms with Crippen LogP contribution in [-0.4, -0.2) is 30.8 Å². The van der Waals surface area contributed by atoms with Gasteiger partial charge in [-0.25, -0.2) is 4.39 Å². The molecule has 4 rings (SSSR count). The van der Waals surface area contributed by atoms with Crippen LogP contribution in [0.15, 0.2) is 59.1 Å². The van der Waals surface area contributed by atoms with Crippen LogP contribution in [0.5, 0.6) is 5.75 Å². The molecule has 0 amide bonds. The summed E-state index contributed by atoms with van der Waals surface area (Å²) < 4.78 is 37.5. The normalized spacial score (nSPS) is 12.0. The standard InChI is InChI=1S/C28H29FN2O5/c1-17-10-21-11-19(12-23(28(21)36-17)22-8-9-31-24(14-30)27(22)29)16-34-25-7-5-4-6-20(25)13-26(32)35-18(2)15-33-3/h4-12,18H,13-16,30H2,1-3H3. The molecule has 8 heteroatoms. The van der Waals surface area contributed by atoms with E-state index in [1.165, 1.54) is 6.20 Å². The van der Waals surface area contributed by atoms with Crippen LogP contribution in [0.4, 0.5) is 4.39 Å². The number of fused-ring (bicyclic) bond motifs is 1. The fourth-order valence-corrected chi connectivity index (χ4v) is 4.11. The molecule has 0 saturated heterocycles. The number of aromatic nitrogens is 1. The highest BCUT2D eigenvalue weighted by atomic mass is 19.1. The minimum absolute atomic E-state index is 0.00767. The van der Waals surface area contributed by atoms with Crippen molar-refractivity contribution in [1.29, 1.82) is 0 Å². The molecule has 0 fully saturated rings. The molecule has 2 aromatic heterocycles. The van der Waals surface area contributed by atoms with E-state index in [0.717, 1.165) is 10.9 Å². The first-order valence-corrected chi connectivity index (χ1v) is 11.7. The first kappa shape index (κ1) is 25.3. The van der Waals surface area contributed by atoms with Crippen molar-refractivity contribution in [3.05, 3.63) is 83.1 Å². The first-order chi connectivity index (χ1) is 17.4. The number of hydrogen-bond acceptors (Lipinski definition) is 7. The Balaban J connectivity index is 1.60. The smallest absolute Gasteiger partial charge is 0.310 e. The number of benzene rings is 2. The number of pyridine rings is 1. The molecule has 0 spiro atoms. The topological polar surface area (TPSA) is 96.8 Å². The molecule has 0 bridgehead atoms. The number of hydrogen-bond donors (Lipinski definition) is 1. The van der Waals surface area contributed by atoms with Crippen molar-refractivity contribution in [3.63, 3.8) is 0 Å². The van der Waals surface area contributed by atoms with Crippen molar-refractivity contribution in [2.24, 2.45) is 5.73 Å². The highest BCUT2D eigenvalue weighted by Crippen LogP contribution is 2.35. The van der Waals surface area contributed by atoms with Crippen molar-refractivity contribution < 1.29 is 27.8 Å². The summed E-state index contributed by atoms with van der Waals surface area (Å²) in [7, 11) is 1.56. The highest BCUT2D eigenvalue weighted by molar-refractivity contribution is 5.93. The number of rotatable bonds is 10. The fourth-order valence-electron chi connectivity index (χ4n) is 4.11. The zero-order chi connectivity index (χ0) is 25.7. The second-order valence-electron chi connectivity index (χ2n) is 8.57. The fraction of sp³-hybridized carbons (Fsp3) is 0.286. The quantitative estimate of drug-likeness (QED) is 0.308. The molecule has 2 heterocycles. The Morgan fingerprint density at radius 2 is 1.97 bits per heavy atom. The van der Waals surface area contributed by atoms with Crippen LogP contribution < -0.4 is 10.5 Å². The van der Waals surface area contributed by atoms with E-state index in [-0.39, 0.29) is 37.3 Å². The van der Waals surface area contributed by atoms with Crippen LogP contribution in [-0.2, 0) is 33.8 Å². The average molecular weight is 493 g/mol. The summed E-state index contributed by atoms with van der Waals surface area (Å²) in [5, 5.41) is 0.832. The van der Waals surface area contributed by atoms with E-state index < -0.39 is 5.82 Å². The molecule has 2 N–H and O–H groups in total. The Morgan fingerprint density at radius 1 is 1.17 bits per heavy atom. The SMILES string of the molecule is COCC(C)OC(=O)Cc1ccccc1OCc1cc(-c2ccnc(CN)c2F)c2oc(C)cc2c1. The maximum absolute atomic E-state index is 15.1. The number of esters is 1. The van der Waals surface area contributed by atoms with Gasteiger partial charge < -0.3 is 24.4 Å². The van der Waals surface area contributed by atoms with E-state index in [1.54, 1.807) is 26.2 Å². The van der Waals surface area contributed by atoms with E-state index in [0.29, 0.717) is 40.4 Å². The molecule has 4 aromatic rings. The zero-order valence-electron chi connectivity index (χ0n) is 20.5. The molecule has 188 valence electrons. The van der Waals surface area contributed by atoms with Crippen LogP contribution >= 0.6 is 0 Å². The third-order valence-electron chi connectivity index (χ3n) is 5.68. The molecule has 0 aliphatic rings. The molecule has 0 radical (unpaired) electrons. The number of nitrogens with zero attached hydrogens (tertiary/aromatic N) is 1. The van der Waals surface area contributed by atoms with Gasteiger partial charge in [0.15, 0.2) is 5.82 Å². The third-order valence-corrected chi connectivity index (χ3v) is 5.68. The highest BCUT2D eigenvalue weighted by Gasteiger charge is 2.18. The lowest BCUT2D eigenvalue weighted by atomic mass is 10.00. The Bertz CT molecular complexity index is 1370. The lowest BCUT2D eigenvalue weighted by Crippen LogP contribution is -2.21. The van der Waals surface area contributed by atoms with Gasteiger partial charge in [0, 0.05) is 41.9 Å². The maximum atomic E-state index is 15.1. The van der Waals surface area contributed by atoms with Gasteiger partial charge in [0.1, 0.15) is 29.8 Å². The number of halogens is 1. The molecule has 0 saturated carbocycles. The van der Waals surface area contributed by atoms with E-state index in [2.05, 4.69) is 4.98 Å². The lowest BCUT2D eigenvalue weighted by molar-refractivity contribution is -0.149. The molecule has 36 heavy (non-hydrogen) atoms. The summed E-state index contributed by atoms with van der Waals surface area (Å²) in [6.45, 7) is 4.14. The van der Waals surface area contributed by atoms with Crippen LogP contribution in [0.1, 0.15) is 29.5 Å². The maximum Gasteiger partial charge on any atom is 0.310 e. The number of aryl methyl sites for hydroxylation is 1. The Kier molecular flexibility index (Phi) is 7.97. The predicted molar refractivity (Wildman–Crippen MR) is 134 cm³/mol. The van der Waals surface area contributed by atoms with Gasteiger partial charge in [-0.15, -0.1) is 0 Å². The van der Waals surface area contributed by atoms with Crippen molar-refractivity contribution in [3.8, 4) is 16.9 Å². The van der Waals surface area contributed by atoms with Crippen LogP contribution in [0.25, 0.3) is 22.1 Å². The minimum atomic E-state index is -0.472. The van der Waals surface area contributed by atoms with Crippen molar-refractivity contribution >= 4 is 16.9 Å². The van der Waals surface area contributed by atoms with Gasteiger partial charge in [-0.2, -0.15) is 0 Å². The Morgan fingerprint density at radius 3 is 2.75 bits per heavy atom. The number of carbonyl (C=O) groups excluding carboxylic acids is 1. The van der Waals surface area contributed by atoms with E-state index >= 15 is 4.39 Å². The van der Waals surface area contributed by atoms with Crippen LogP contribution in [0, 0.1) is 12.7 Å². The molecule has 7 nitrogen and oxygen atoms in total. The van der Waals surface area contributed by atoms with Gasteiger partial charge in [0.25, 0.3) is 0 Å². The number of ether oxygens (including phenoxy) is 3. The molecule has 0 aliphatic carbocycles. The van der Waals surface area contributed by atoms with Gasteiger partial charge in [0.05, 0.1) is 18.7 Å². The van der Waals surface area contributed by atoms with Gasteiger partial charge in [-0.3, -0.25) is 9.78 Å². The molecule has 1 unspecified atom stereocenters. The van der Waals surface area contributed by atoms with Crippen molar-refractivity contribution in [1.82, 2.24) is 4.98 Å². The van der Waals surface area contributed by atoms with Gasteiger partial charge >= 0.3 is 5.97 Å². The van der Waals surface area contributed by atoms with Crippen molar-refractivity contribution in [2.75, 3.05) is 13.7 Å². The molecule has 0 aliphatic heterocycles. The molecule has 2 aromatic carbocycles. The number of furan rings is 1. The molecular weight excluding hydrogens is 463 g/mol. The summed E-state index contributed by atoms with van der Waals surface area (Å²) in [6, 6.07) is 14.6. The van der Waals surface area contributed by atoms with Gasteiger partial charge in [-0.1, -0.05) is 18.2 Å². The van der Waals surface area contributed by atoms with E-state index in [9.17, 15) is 4.79 Å². The van der Waals surface area contributed by atoms with Crippen molar-refractivity contribution in [2.45, 2.75) is 39.5 Å². The zero-order valence-corrected chi connectivity index (χ0v) is 20.5. The second-order valence-corrected chi connectivity index (χ2v) is 8.57. The van der Waals surface area contributed by atoms with E-state index in [1.807, 2.05) is 43.3 Å². The minimum Gasteiger partial charge on any atom is -0.489 e. The molecule has 1 atom stereocenters. The van der Waals surface area contributed by atoms with E-state index in [4.69, 9.17) is 24.4 Å². The summed E-state index contributed by atoms with van der Waals surface area (Å²) >= 11 is 0. The lowest BCUT2D eigenvalue weighted by Gasteiger charge is -2.15. The first-order valence-electron chi connectivity index (χ1n) is 11.7. The number of carbonyl (C=O) groups is 1.